The van der Waals surface area contributed by atoms with Gasteiger partial charge in [-0.05, 0) is 45.1 Å². The minimum absolute atomic E-state index is 0.302. The Hall–Kier alpha value is -1.38. The molecule has 1 aliphatic heterocycles. The zero-order valence-electron chi connectivity index (χ0n) is 14.2. The SMILES string of the molecule is Cc1nc(-c2cc(C[C@@H]3CCCN(S(C)(=O)=O)C3)ncn2)sc1C. The predicted molar refractivity (Wildman–Crippen MR) is 95.5 cm³/mol. The van der Waals surface area contributed by atoms with E-state index in [1.165, 1.54) is 11.1 Å². The van der Waals surface area contributed by atoms with Gasteiger partial charge in [0, 0.05) is 23.7 Å². The molecule has 6 nitrogen and oxygen atoms in total. The molecule has 2 aromatic rings. The van der Waals surface area contributed by atoms with Crippen LogP contribution >= 0.6 is 11.3 Å². The molecule has 0 unspecified atom stereocenters. The molecule has 8 heteroatoms. The highest BCUT2D eigenvalue weighted by atomic mass is 32.2. The summed E-state index contributed by atoms with van der Waals surface area (Å²) in [6.45, 7) is 5.26. The van der Waals surface area contributed by atoms with Gasteiger partial charge in [-0.15, -0.1) is 11.3 Å². The van der Waals surface area contributed by atoms with E-state index in [4.69, 9.17) is 0 Å². The molecule has 130 valence electrons. The van der Waals surface area contributed by atoms with Crippen LogP contribution in [0.4, 0.5) is 0 Å². The highest BCUT2D eigenvalue weighted by Gasteiger charge is 2.26. The fourth-order valence-electron chi connectivity index (χ4n) is 3.00. The third kappa shape index (κ3) is 3.99. The molecule has 0 bridgehead atoms. The Morgan fingerprint density at radius 1 is 1.33 bits per heavy atom. The summed E-state index contributed by atoms with van der Waals surface area (Å²) in [5.74, 6) is 0.302. The monoisotopic (exact) mass is 366 g/mol. The van der Waals surface area contributed by atoms with Crippen molar-refractivity contribution >= 4 is 21.4 Å². The maximum Gasteiger partial charge on any atom is 0.211 e. The van der Waals surface area contributed by atoms with Crippen LogP contribution in [-0.4, -0.2) is 47.0 Å². The molecule has 1 atom stereocenters. The molecule has 3 heterocycles. The van der Waals surface area contributed by atoms with Gasteiger partial charge < -0.3 is 0 Å². The van der Waals surface area contributed by atoms with Gasteiger partial charge in [-0.25, -0.2) is 27.7 Å². The standard InChI is InChI=1S/C16H22N4O2S2/c1-11-12(2)23-16(19-11)15-8-14(17-10-18-15)7-13-5-4-6-20(9-13)24(3,21)22/h8,10,13H,4-7,9H2,1-3H3/t13-/m0/s1. The fourth-order valence-corrected chi connectivity index (χ4v) is 4.82. The molecule has 0 saturated carbocycles. The quantitative estimate of drug-likeness (QED) is 0.831. The second kappa shape index (κ2) is 6.85. The van der Waals surface area contributed by atoms with Crippen molar-refractivity contribution < 1.29 is 8.42 Å². The molecule has 24 heavy (non-hydrogen) atoms. The molecule has 2 aromatic heterocycles. The van der Waals surface area contributed by atoms with E-state index in [2.05, 4.69) is 21.9 Å². The number of rotatable bonds is 4. The van der Waals surface area contributed by atoms with E-state index in [-0.39, 0.29) is 0 Å². The summed E-state index contributed by atoms with van der Waals surface area (Å²) in [5.41, 5.74) is 2.83. The molecular weight excluding hydrogens is 344 g/mol. The minimum Gasteiger partial charge on any atom is -0.241 e. The van der Waals surface area contributed by atoms with E-state index in [0.717, 1.165) is 41.4 Å². The van der Waals surface area contributed by atoms with E-state index in [0.29, 0.717) is 19.0 Å². The van der Waals surface area contributed by atoms with Gasteiger partial charge in [0.25, 0.3) is 0 Å². The maximum atomic E-state index is 11.8. The van der Waals surface area contributed by atoms with E-state index < -0.39 is 10.0 Å². The van der Waals surface area contributed by atoms with Crippen LogP contribution < -0.4 is 0 Å². The molecule has 3 rings (SSSR count). The summed E-state index contributed by atoms with van der Waals surface area (Å²) >= 11 is 1.64. The Morgan fingerprint density at radius 3 is 2.79 bits per heavy atom. The van der Waals surface area contributed by atoms with E-state index in [1.807, 2.05) is 13.0 Å². The third-order valence-electron chi connectivity index (χ3n) is 4.42. The van der Waals surface area contributed by atoms with Gasteiger partial charge in [0.15, 0.2) is 0 Å². The van der Waals surface area contributed by atoms with Gasteiger partial charge >= 0.3 is 0 Å². The highest BCUT2D eigenvalue weighted by molar-refractivity contribution is 7.88. The average molecular weight is 367 g/mol. The van der Waals surface area contributed by atoms with E-state index >= 15 is 0 Å². The first-order valence-electron chi connectivity index (χ1n) is 8.03. The Bertz CT molecular complexity index is 813. The zero-order valence-corrected chi connectivity index (χ0v) is 15.8. The van der Waals surface area contributed by atoms with Crippen molar-refractivity contribution in [1.82, 2.24) is 19.3 Å². The molecule has 1 saturated heterocycles. The van der Waals surface area contributed by atoms with Gasteiger partial charge in [0.05, 0.1) is 11.9 Å². The number of hydrogen-bond donors (Lipinski definition) is 0. The lowest BCUT2D eigenvalue weighted by atomic mass is 9.94. The van der Waals surface area contributed by atoms with Crippen molar-refractivity contribution in [1.29, 1.82) is 0 Å². The maximum absolute atomic E-state index is 11.8. The van der Waals surface area contributed by atoms with Gasteiger partial charge in [-0.2, -0.15) is 0 Å². The van der Waals surface area contributed by atoms with Crippen LogP contribution in [0, 0.1) is 19.8 Å². The molecule has 0 radical (unpaired) electrons. The third-order valence-corrected chi connectivity index (χ3v) is 6.78. The lowest BCUT2D eigenvalue weighted by Crippen LogP contribution is -2.39. The molecule has 0 aliphatic carbocycles. The lowest BCUT2D eigenvalue weighted by molar-refractivity contribution is 0.265. The van der Waals surface area contributed by atoms with Crippen LogP contribution in [-0.2, 0) is 16.4 Å². The Balaban J connectivity index is 1.75. The molecule has 0 spiro atoms. The molecule has 1 aliphatic rings. The van der Waals surface area contributed by atoms with Crippen molar-refractivity contribution in [3.8, 4) is 10.7 Å². The van der Waals surface area contributed by atoms with E-state index in [9.17, 15) is 8.42 Å². The topological polar surface area (TPSA) is 76.1 Å². The number of aromatic nitrogens is 3. The summed E-state index contributed by atoms with van der Waals surface area (Å²) in [6, 6.07) is 1.98. The molecule has 0 N–H and O–H groups in total. The average Bonchev–Trinajstić information content (AvgIpc) is 2.87. The van der Waals surface area contributed by atoms with Crippen LogP contribution in [0.15, 0.2) is 12.4 Å². The van der Waals surface area contributed by atoms with Crippen LogP contribution in [0.1, 0.15) is 29.1 Å². The number of thiazole rings is 1. The van der Waals surface area contributed by atoms with Crippen LogP contribution in [0.2, 0.25) is 0 Å². The first-order valence-corrected chi connectivity index (χ1v) is 10.7. The van der Waals surface area contributed by atoms with Crippen LogP contribution in [0.3, 0.4) is 0 Å². The second-order valence-corrected chi connectivity index (χ2v) is 9.57. The Morgan fingerprint density at radius 2 is 2.12 bits per heavy atom. The molecule has 0 amide bonds. The zero-order chi connectivity index (χ0) is 17.3. The van der Waals surface area contributed by atoms with Gasteiger partial charge in [-0.1, -0.05) is 0 Å². The number of nitrogens with zero attached hydrogens (tertiary/aromatic N) is 4. The molecule has 1 fully saturated rings. The lowest BCUT2D eigenvalue weighted by Gasteiger charge is -2.30. The summed E-state index contributed by atoms with van der Waals surface area (Å²) in [5, 5.41) is 0.912. The Kier molecular flexibility index (Phi) is 4.98. The van der Waals surface area contributed by atoms with Gasteiger partial charge in [0.2, 0.25) is 10.0 Å². The number of piperidine rings is 1. The van der Waals surface area contributed by atoms with Gasteiger partial charge in [0.1, 0.15) is 17.0 Å². The first-order chi connectivity index (χ1) is 11.3. The first kappa shape index (κ1) is 17.4. The van der Waals surface area contributed by atoms with Crippen molar-refractivity contribution in [3.05, 3.63) is 28.7 Å². The summed E-state index contributed by atoms with van der Waals surface area (Å²) in [4.78, 5) is 14.5. The highest BCUT2D eigenvalue weighted by Crippen LogP contribution is 2.27. The number of sulfonamides is 1. The normalized spacial score (nSPS) is 19.5. The van der Waals surface area contributed by atoms with E-state index in [1.54, 1.807) is 22.0 Å². The number of aryl methyl sites for hydroxylation is 2. The molecular formula is C16H22N4O2S2. The second-order valence-electron chi connectivity index (χ2n) is 6.39. The van der Waals surface area contributed by atoms with Crippen molar-refractivity contribution in [2.45, 2.75) is 33.1 Å². The molecule has 0 aromatic carbocycles. The number of hydrogen-bond acceptors (Lipinski definition) is 6. The van der Waals surface area contributed by atoms with Crippen molar-refractivity contribution in [2.75, 3.05) is 19.3 Å². The fraction of sp³-hybridized carbons (Fsp3) is 0.562. The smallest absolute Gasteiger partial charge is 0.211 e. The summed E-state index contributed by atoms with van der Waals surface area (Å²) < 4.78 is 25.1. The summed E-state index contributed by atoms with van der Waals surface area (Å²) in [6.07, 6.45) is 5.56. The van der Waals surface area contributed by atoms with Gasteiger partial charge in [-0.3, -0.25) is 0 Å². The van der Waals surface area contributed by atoms with Crippen molar-refractivity contribution in [2.24, 2.45) is 5.92 Å². The summed E-state index contributed by atoms with van der Waals surface area (Å²) in [7, 11) is -3.11. The predicted octanol–water partition coefficient (Wildman–Crippen LogP) is 2.43. The van der Waals surface area contributed by atoms with Crippen LogP contribution in [0.25, 0.3) is 10.7 Å². The van der Waals surface area contributed by atoms with Crippen molar-refractivity contribution in [3.63, 3.8) is 0 Å². The minimum atomic E-state index is -3.11. The van der Waals surface area contributed by atoms with Crippen LogP contribution in [0.5, 0.6) is 0 Å². The Labute approximate surface area is 147 Å². The largest absolute Gasteiger partial charge is 0.241 e.